The second-order valence-electron chi connectivity index (χ2n) is 4.57. The van der Waals surface area contributed by atoms with Gasteiger partial charge < -0.3 is 0 Å². The zero-order chi connectivity index (χ0) is 13.9. The molecule has 0 atom stereocenters. The van der Waals surface area contributed by atoms with E-state index in [1.165, 1.54) is 18.2 Å². The largest absolute Gasteiger partial charge is 0.207 e. The van der Waals surface area contributed by atoms with Gasteiger partial charge in [0.1, 0.15) is 11.6 Å². The van der Waals surface area contributed by atoms with Crippen molar-refractivity contribution in [3.05, 3.63) is 84.4 Å². The Labute approximate surface area is 116 Å². The van der Waals surface area contributed by atoms with Crippen molar-refractivity contribution in [3.63, 3.8) is 0 Å². The van der Waals surface area contributed by atoms with Crippen molar-refractivity contribution >= 4 is 0 Å². The van der Waals surface area contributed by atoms with E-state index in [-0.39, 0.29) is 11.6 Å². The van der Waals surface area contributed by atoms with E-state index in [1.807, 2.05) is 30.3 Å². The van der Waals surface area contributed by atoms with Crippen LogP contribution in [0.2, 0.25) is 0 Å². The van der Waals surface area contributed by atoms with Crippen molar-refractivity contribution in [2.45, 2.75) is 0 Å². The van der Waals surface area contributed by atoms with Crippen LogP contribution in [0.4, 0.5) is 8.78 Å². The van der Waals surface area contributed by atoms with Crippen LogP contribution in [0.5, 0.6) is 0 Å². The molecule has 0 unspecified atom stereocenters. The monoisotopic (exact) mass is 266 g/mol. The van der Waals surface area contributed by atoms with E-state index in [0.717, 1.165) is 5.56 Å². The molecule has 0 saturated heterocycles. The van der Waals surface area contributed by atoms with Crippen LogP contribution in [-0.4, -0.2) is 0 Å². The van der Waals surface area contributed by atoms with Crippen molar-refractivity contribution in [1.29, 1.82) is 0 Å². The van der Waals surface area contributed by atoms with Crippen molar-refractivity contribution in [3.8, 4) is 22.3 Å². The lowest BCUT2D eigenvalue weighted by atomic mass is 10.00. The van der Waals surface area contributed by atoms with Crippen LogP contribution in [0, 0.1) is 11.6 Å². The third kappa shape index (κ3) is 2.45. The summed E-state index contributed by atoms with van der Waals surface area (Å²) in [6.45, 7) is 0. The van der Waals surface area contributed by atoms with E-state index in [0.29, 0.717) is 16.7 Å². The topological polar surface area (TPSA) is 0 Å². The minimum Gasteiger partial charge on any atom is -0.207 e. The van der Waals surface area contributed by atoms with Gasteiger partial charge in [-0.25, -0.2) is 8.78 Å². The molecule has 0 heterocycles. The molecule has 0 aliphatic rings. The summed E-state index contributed by atoms with van der Waals surface area (Å²) in [6, 6.07) is 20.5. The molecular weight excluding hydrogens is 254 g/mol. The Bertz CT molecular complexity index is 733. The van der Waals surface area contributed by atoms with E-state index in [1.54, 1.807) is 24.3 Å². The normalized spacial score (nSPS) is 10.5. The molecule has 0 fully saturated rings. The van der Waals surface area contributed by atoms with Gasteiger partial charge in [0, 0.05) is 5.56 Å². The second-order valence-corrected chi connectivity index (χ2v) is 4.57. The third-order valence-corrected chi connectivity index (χ3v) is 3.21. The smallest absolute Gasteiger partial charge is 0.131 e. The summed E-state index contributed by atoms with van der Waals surface area (Å²) in [6.07, 6.45) is 0. The molecule has 0 aliphatic carbocycles. The SMILES string of the molecule is Fc1cccc(-c2ccc(-c3ccccc3)c(F)c2)c1. The standard InChI is InChI=1S/C18H12F2/c19-16-8-4-7-14(11-16)15-9-10-17(18(20)12-15)13-5-2-1-3-6-13/h1-12H. The van der Waals surface area contributed by atoms with Gasteiger partial charge in [-0.2, -0.15) is 0 Å². The van der Waals surface area contributed by atoms with E-state index < -0.39 is 0 Å². The molecule has 0 radical (unpaired) electrons. The molecule has 2 heteroatoms. The number of halogens is 2. The van der Waals surface area contributed by atoms with Crippen LogP contribution in [0.1, 0.15) is 0 Å². The first-order valence-corrected chi connectivity index (χ1v) is 6.35. The quantitative estimate of drug-likeness (QED) is 0.590. The molecular formula is C18H12F2. The first-order valence-electron chi connectivity index (χ1n) is 6.35. The Morgan fingerprint density at radius 3 is 1.95 bits per heavy atom. The number of rotatable bonds is 2. The van der Waals surface area contributed by atoms with Crippen LogP contribution in [0.3, 0.4) is 0 Å². The highest BCUT2D eigenvalue weighted by Gasteiger charge is 2.07. The minimum absolute atomic E-state index is 0.307. The van der Waals surface area contributed by atoms with Crippen LogP contribution < -0.4 is 0 Å². The van der Waals surface area contributed by atoms with E-state index in [2.05, 4.69) is 0 Å². The Morgan fingerprint density at radius 2 is 1.25 bits per heavy atom. The lowest BCUT2D eigenvalue weighted by molar-refractivity contribution is 0.627. The summed E-state index contributed by atoms with van der Waals surface area (Å²) in [5, 5.41) is 0. The highest BCUT2D eigenvalue weighted by molar-refractivity contribution is 5.71. The maximum Gasteiger partial charge on any atom is 0.131 e. The van der Waals surface area contributed by atoms with Gasteiger partial charge in [-0.15, -0.1) is 0 Å². The van der Waals surface area contributed by atoms with Gasteiger partial charge in [-0.3, -0.25) is 0 Å². The highest BCUT2D eigenvalue weighted by atomic mass is 19.1. The molecule has 0 amide bonds. The maximum atomic E-state index is 14.2. The lowest BCUT2D eigenvalue weighted by Crippen LogP contribution is -1.87. The van der Waals surface area contributed by atoms with Crippen molar-refractivity contribution in [2.75, 3.05) is 0 Å². The maximum absolute atomic E-state index is 14.2. The molecule has 0 spiro atoms. The average Bonchev–Trinajstić information content (AvgIpc) is 2.48. The highest BCUT2D eigenvalue weighted by Crippen LogP contribution is 2.28. The van der Waals surface area contributed by atoms with E-state index >= 15 is 0 Å². The predicted octanol–water partition coefficient (Wildman–Crippen LogP) is 5.30. The Hall–Kier alpha value is -2.48. The third-order valence-electron chi connectivity index (χ3n) is 3.21. The van der Waals surface area contributed by atoms with Gasteiger partial charge in [-0.05, 0) is 34.9 Å². The predicted molar refractivity (Wildman–Crippen MR) is 77.2 cm³/mol. The summed E-state index contributed by atoms with van der Waals surface area (Å²) in [7, 11) is 0. The molecule has 3 aromatic carbocycles. The molecule has 3 aromatic rings. The second kappa shape index (κ2) is 5.25. The lowest BCUT2D eigenvalue weighted by Gasteiger charge is -2.07. The number of hydrogen-bond donors (Lipinski definition) is 0. The molecule has 20 heavy (non-hydrogen) atoms. The van der Waals surface area contributed by atoms with Gasteiger partial charge in [0.05, 0.1) is 0 Å². The minimum atomic E-state index is -0.324. The van der Waals surface area contributed by atoms with Gasteiger partial charge in [-0.1, -0.05) is 54.6 Å². The first-order chi connectivity index (χ1) is 9.74. The summed E-state index contributed by atoms with van der Waals surface area (Å²) in [4.78, 5) is 0. The van der Waals surface area contributed by atoms with Crippen LogP contribution in [0.15, 0.2) is 72.8 Å². The molecule has 98 valence electrons. The Morgan fingerprint density at radius 1 is 0.550 bits per heavy atom. The Kier molecular flexibility index (Phi) is 3.30. The van der Waals surface area contributed by atoms with Crippen molar-refractivity contribution in [1.82, 2.24) is 0 Å². The van der Waals surface area contributed by atoms with E-state index in [9.17, 15) is 8.78 Å². The van der Waals surface area contributed by atoms with E-state index in [4.69, 9.17) is 0 Å². The van der Waals surface area contributed by atoms with Crippen LogP contribution in [-0.2, 0) is 0 Å². The van der Waals surface area contributed by atoms with Gasteiger partial charge in [0.25, 0.3) is 0 Å². The first kappa shape index (κ1) is 12.5. The van der Waals surface area contributed by atoms with Crippen LogP contribution >= 0.6 is 0 Å². The zero-order valence-corrected chi connectivity index (χ0v) is 10.7. The molecule has 3 rings (SSSR count). The average molecular weight is 266 g/mol. The fourth-order valence-corrected chi connectivity index (χ4v) is 2.21. The molecule has 0 nitrogen and oxygen atoms in total. The molecule has 0 aromatic heterocycles. The number of benzene rings is 3. The van der Waals surface area contributed by atoms with Gasteiger partial charge >= 0.3 is 0 Å². The molecule has 0 N–H and O–H groups in total. The van der Waals surface area contributed by atoms with Crippen LogP contribution in [0.25, 0.3) is 22.3 Å². The molecule has 0 aliphatic heterocycles. The summed E-state index contributed by atoms with van der Waals surface area (Å²) >= 11 is 0. The molecule has 0 saturated carbocycles. The fraction of sp³-hybridized carbons (Fsp3) is 0. The van der Waals surface area contributed by atoms with Gasteiger partial charge in [0.15, 0.2) is 0 Å². The van der Waals surface area contributed by atoms with Crippen molar-refractivity contribution < 1.29 is 8.78 Å². The zero-order valence-electron chi connectivity index (χ0n) is 10.7. The Balaban J connectivity index is 2.04. The number of hydrogen-bond acceptors (Lipinski definition) is 0. The summed E-state index contributed by atoms with van der Waals surface area (Å²) < 4.78 is 27.4. The summed E-state index contributed by atoms with van der Waals surface area (Å²) in [5.41, 5.74) is 2.71. The summed E-state index contributed by atoms with van der Waals surface area (Å²) in [5.74, 6) is -0.631. The molecule has 0 bridgehead atoms. The fourth-order valence-electron chi connectivity index (χ4n) is 2.21. The van der Waals surface area contributed by atoms with Gasteiger partial charge in [0.2, 0.25) is 0 Å². The van der Waals surface area contributed by atoms with Crippen molar-refractivity contribution in [2.24, 2.45) is 0 Å².